The van der Waals surface area contributed by atoms with Gasteiger partial charge >= 0.3 is 0 Å². The number of ether oxygens (including phenoxy) is 2. The molecule has 110 valence electrons. The Hall–Kier alpha value is -2.20. The Morgan fingerprint density at radius 1 is 1.10 bits per heavy atom. The van der Waals surface area contributed by atoms with Crippen molar-refractivity contribution < 1.29 is 14.3 Å². The van der Waals surface area contributed by atoms with Crippen LogP contribution in [0.2, 0.25) is 5.02 Å². The van der Waals surface area contributed by atoms with Gasteiger partial charge in [0.05, 0.1) is 14.2 Å². The van der Waals surface area contributed by atoms with Gasteiger partial charge in [-0.2, -0.15) is 0 Å². The molecule has 0 bridgehead atoms. The predicted octanol–water partition coefficient (Wildman–Crippen LogP) is 3.29. The van der Waals surface area contributed by atoms with Crippen LogP contribution in [0.1, 0.15) is 15.9 Å². The smallest absolute Gasteiger partial charge is 0.251 e. The molecule has 0 fully saturated rings. The second-order valence-electron chi connectivity index (χ2n) is 4.38. The van der Waals surface area contributed by atoms with Crippen molar-refractivity contribution in [2.75, 3.05) is 14.2 Å². The second kappa shape index (κ2) is 6.99. The van der Waals surface area contributed by atoms with Gasteiger partial charge in [0.25, 0.3) is 5.91 Å². The number of carbonyl (C=O) groups excluding carboxylic acids is 1. The number of amides is 1. The maximum Gasteiger partial charge on any atom is 0.251 e. The highest BCUT2D eigenvalue weighted by Gasteiger charge is 2.10. The number of benzene rings is 2. The van der Waals surface area contributed by atoms with Crippen LogP contribution in [-0.2, 0) is 6.54 Å². The molecular formula is C16H16ClNO3. The maximum atomic E-state index is 12.1. The van der Waals surface area contributed by atoms with Crippen molar-refractivity contribution in [2.24, 2.45) is 0 Å². The van der Waals surface area contributed by atoms with E-state index in [1.807, 2.05) is 18.2 Å². The summed E-state index contributed by atoms with van der Waals surface area (Å²) in [5.41, 5.74) is 1.45. The Labute approximate surface area is 128 Å². The Morgan fingerprint density at radius 2 is 1.86 bits per heavy atom. The van der Waals surface area contributed by atoms with E-state index in [4.69, 9.17) is 21.1 Å². The molecule has 0 saturated carbocycles. The van der Waals surface area contributed by atoms with E-state index >= 15 is 0 Å². The summed E-state index contributed by atoms with van der Waals surface area (Å²) in [5, 5.41) is 3.48. The van der Waals surface area contributed by atoms with Crippen LogP contribution in [0.25, 0.3) is 0 Å². The van der Waals surface area contributed by atoms with Crippen LogP contribution in [0.3, 0.4) is 0 Å². The number of nitrogens with one attached hydrogen (secondary N) is 1. The van der Waals surface area contributed by atoms with Crippen LogP contribution >= 0.6 is 11.6 Å². The van der Waals surface area contributed by atoms with Gasteiger partial charge in [0.2, 0.25) is 0 Å². The molecule has 0 aliphatic rings. The van der Waals surface area contributed by atoms with Gasteiger partial charge in [-0.15, -0.1) is 0 Å². The molecule has 2 rings (SSSR count). The van der Waals surface area contributed by atoms with Crippen LogP contribution in [0.4, 0.5) is 0 Å². The molecule has 1 N–H and O–H groups in total. The summed E-state index contributed by atoms with van der Waals surface area (Å²) in [7, 11) is 3.09. The molecule has 1 amide bonds. The van der Waals surface area contributed by atoms with Crippen molar-refractivity contribution >= 4 is 17.5 Å². The third kappa shape index (κ3) is 3.89. The largest absolute Gasteiger partial charge is 0.493 e. The van der Waals surface area contributed by atoms with Crippen LogP contribution in [0.15, 0.2) is 42.5 Å². The van der Waals surface area contributed by atoms with Crippen molar-refractivity contribution in [3.8, 4) is 11.5 Å². The van der Waals surface area contributed by atoms with Gasteiger partial charge in [0, 0.05) is 17.1 Å². The lowest BCUT2D eigenvalue weighted by molar-refractivity contribution is 0.0950. The summed E-state index contributed by atoms with van der Waals surface area (Å²) in [6, 6.07) is 12.4. The van der Waals surface area contributed by atoms with Crippen molar-refractivity contribution in [1.82, 2.24) is 5.32 Å². The number of methoxy groups -OCH3 is 2. The number of carbonyl (C=O) groups is 1. The topological polar surface area (TPSA) is 47.6 Å². The van der Waals surface area contributed by atoms with Gasteiger partial charge in [-0.05, 0) is 35.9 Å². The fourth-order valence-electron chi connectivity index (χ4n) is 1.91. The minimum Gasteiger partial charge on any atom is -0.493 e. The van der Waals surface area contributed by atoms with E-state index in [0.717, 1.165) is 5.56 Å². The summed E-state index contributed by atoms with van der Waals surface area (Å²) < 4.78 is 10.3. The number of rotatable bonds is 5. The normalized spacial score (nSPS) is 10.0. The van der Waals surface area contributed by atoms with Crippen LogP contribution < -0.4 is 14.8 Å². The molecule has 0 heterocycles. The molecule has 0 aliphatic carbocycles. The van der Waals surface area contributed by atoms with Crippen molar-refractivity contribution in [2.45, 2.75) is 6.54 Å². The molecule has 0 saturated heterocycles. The zero-order chi connectivity index (χ0) is 15.2. The molecule has 0 aromatic heterocycles. The van der Waals surface area contributed by atoms with Gasteiger partial charge in [-0.3, -0.25) is 4.79 Å². The van der Waals surface area contributed by atoms with E-state index in [0.29, 0.717) is 28.6 Å². The SMILES string of the molecule is COc1ccc(C(=O)NCc2cccc(Cl)c2)cc1OC. The maximum absolute atomic E-state index is 12.1. The fraction of sp³-hybridized carbons (Fsp3) is 0.188. The van der Waals surface area contributed by atoms with Crippen molar-refractivity contribution in [3.63, 3.8) is 0 Å². The predicted molar refractivity (Wildman–Crippen MR) is 82.2 cm³/mol. The van der Waals surface area contributed by atoms with E-state index in [2.05, 4.69) is 5.32 Å². The lowest BCUT2D eigenvalue weighted by Crippen LogP contribution is -2.22. The van der Waals surface area contributed by atoms with Gasteiger partial charge in [0.1, 0.15) is 0 Å². The first-order chi connectivity index (χ1) is 10.1. The average Bonchev–Trinajstić information content (AvgIpc) is 2.52. The Bertz CT molecular complexity index is 643. The monoisotopic (exact) mass is 305 g/mol. The first-order valence-electron chi connectivity index (χ1n) is 6.38. The first kappa shape index (κ1) is 15.2. The quantitative estimate of drug-likeness (QED) is 0.922. The number of hydrogen-bond donors (Lipinski definition) is 1. The van der Waals surface area contributed by atoms with Crippen LogP contribution in [0, 0.1) is 0 Å². The zero-order valence-electron chi connectivity index (χ0n) is 11.9. The highest BCUT2D eigenvalue weighted by Crippen LogP contribution is 2.27. The highest BCUT2D eigenvalue weighted by atomic mass is 35.5. The molecule has 0 spiro atoms. The molecule has 2 aromatic carbocycles. The molecule has 2 aromatic rings. The van der Waals surface area contributed by atoms with Gasteiger partial charge in [-0.25, -0.2) is 0 Å². The second-order valence-corrected chi connectivity index (χ2v) is 4.82. The summed E-state index contributed by atoms with van der Waals surface area (Å²) in [6.07, 6.45) is 0. The van der Waals surface area contributed by atoms with Crippen LogP contribution in [-0.4, -0.2) is 20.1 Å². The summed E-state index contributed by atoms with van der Waals surface area (Å²) in [5.74, 6) is 0.924. The Kier molecular flexibility index (Phi) is 5.06. The minimum atomic E-state index is -0.184. The third-order valence-corrected chi connectivity index (χ3v) is 3.22. The molecule has 4 nitrogen and oxygen atoms in total. The molecule has 0 radical (unpaired) electrons. The van der Waals surface area contributed by atoms with E-state index in [-0.39, 0.29) is 5.91 Å². The van der Waals surface area contributed by atoms with E-state index in [1.165, 1.54) is 7.11 Å². The van der Waals surface area contributed by atoms with Crippen LogP contribution in [0.5, 0.6) is 11.5 Å². The van der Waals surface area contributed by atoms with E-state index < -0.39 is 0 Å². The molecule has 21 heavy (non-hydrogen) atoms. The van der Waals surface area contributed by atoms with Gasteiger partial charge < -0.3 is 14.8 Å². The first-order valence-corrected chi connectivity index (χ1v) is 6.76. The van der Waals surface area contributed by atoms with Gasteiger partial charge in [-0.1, -0.05) is 23.7 Å². The minimum absolute atomic E-state index is 0.184. The van der Waals surface area contributed by atoms with Gasteiger partial charge in [0.15, 0.2) is 11.5 Å². The van der Waals surface area contributed by atoms with E-state index in [9.17, 15) is 4.79 Å². The number of halogens is 1. The summed E-state index contributed by atoms with van der Waals surface area (Å²) in [4.78, 5) is 12.1. The molecule has 0 atom stereocenters. The summed E-state index contributed by atoms with van der Waals surface area (Å²) >= 11 is 5.91. The lowest BCUT2D eigenvalue weighted by Gasteiger charge is -2.10. The fourth-order valence-corrected chi connectivity index (χ4v) is 2.12. The Balaban J connectivity index is 2.06. The lowest BCUT2D eigenvalue weighted by atomic mass is 10.1. The standard InChI is InChI=1S/C16H16ClNO3/c1-20-14-7-6-12(9-15(14)21-2)16(19)18-10-11-4-3-5-13(17)8-11/h3-9H,10H2,1-2H3,(H,18,19). The molecule has 0 unspecified atom stereocenters. The molecular weight excluding hydrogens is 290 g/mol. The molecule has 5 heteroatoms. The average molecular weight is 306 g/mol. The van der Waals surface area contributed by atoms with Crippen molar-refractivity contribution in [3.05, 3.63) is 58.6 Å². The number of hydrogen-bond acceptors (Lipinski definition) is 3. The molecule has 0 aliphatic heterocycles. The van der Waals surface area contributed by atoms with E-state index in [1.54, 1.807) is 31.4 Å². The highest BCUT2D eigenvalue weighted by molar-refractivity contribution is 6.30. The Morgan fingerprint density at radius 3 is 2.52 bits per heavy atom. The summed E-state index contributed by atoms with van der Waals surface area (Å²) in [6.45, 7) is 0.410. The zero-order valence-corrected chi connectivity index (χ0v) is 12.6. The third-order valence-electron chi connectivity index (χ3n) is 2.99. The van der Waals surface area contributed by atoms with Crippen molar-refractivity contribution in [1.29, 1.82) is 0 Å².